The number of benzene rings is 3. The number of nitrogens with zero attached hydrogens (tertiary/aromatic N) is 2. The van der Waals surface area contributed by atoms with Gasteiger partial charge in [-0.3, -0.25) is 4.79 Å². The number of nitrogens with one attached hydrogen (secondary N) is 1. The van der Waals surface area contributed by atoms with Gasteiger partial charge in [0.25, 0.3) is 0 Å². The minimum Gasteiger partial charge on any atom is -0.494 e. The predicted octanol–water partition coefficient (Wildman–Crippen LogP) is 6.78. The molecule has 1 N–H and O–H groups in total. The molecule has 0 saturated heterocycles. The van der Waals surface area contributed by atoms with E-state index in [-0.39, 0.29) is 18.0 Å². The molecule has 0 spiro atoms. The van der Waals surface area contributed by atoms with E-state index in [1.54, 1.807) is 18.2 Å². The summed E-state index contributed by atoms with van der Waals surface area (Å²) in [5.74, 6) is 0.106. The summed E-state index contributed by atoms with van der Waals surface area (Å²) < 4.78 is 21.7. The monoisotopic (exact) mass is 479 g/mol. The molecule has 5 nitrogen and oxygen atoms in total. The maximum Gasteiger partial charge on any atom is 0.224 e. The second kappa shape index (κ2) is 10.4. The molecule has 0 bridgehead atoms. The van der Waals surface area contributed by atoms with Crippen LogP contribution in [0.3, 0.4) is 0 Å². The first-order valence-electron chi connectivity index (χ1n) is 12.0. The van der Waals surface area contributed by atoms with Gasteiger partial charge in [-0.15, -0.1) is 0 Å². The SMILES string of the molecule is CCOc1cccc(-c2ccc3nc(-c4ccccc4)c(CCC(=O)Nc4ccccc4F)n3c2)c1. The number of carbonyl (C=O) groups excluding carboxylic acids is 1. The molecule has 2 aromatic heterocycles. The molecule has 0 radical (unpaired) electrons. The van der Waals surface area contributed by atoms with E-state index in [1.165, 1.54) is 6.07 Å². The molecule has 6 heteroatoms. The molecule has 0 aliphatic heterocycles. The highest BCUT2D eigenvalue weighted by atomic mass is 19.1. The predicted molar refractivity (Wildman–Crippen MR) is 141 cm³/mol. The van der Waals surface area contributed by atoms with Crippen LogP contribution in [0, 0.1) is 5.82 Å². The lowest BCUT2D eigenvalue weighted by atomic mass is 10.1. The zero-order chi connectivity index (χ0) is 24.9. The maximum atomic E-state index is 14.0. The topological polar surface area (TPSA) is 55.6 Å². The number of para-hydroxylation sites is 1. The first-order chi connectivity index (χ1) is 17.6. The highest BCUT2D eigenvalue weighted by Gasteiger charge is 2.17. The van der Waals surface area contributed by atoms with Crippen LogP contribution >= 0.6 is 0 Å². The van der Waals surface area contributed by atoms with Gasteiger partial charge in [0.2, 0.25) is 5.91 Å². The number of halogens is 1. The number of aromatic nitrogens is 2. The third-order valence-corrected chi connectivity index (χ3v) is 5.98. The van der Waals surface area contributed by atoms with Crippen LogP contribution in [0.1, 0.15) is 19.0 Å². The van der Waals surface area contributed by atoms with Crippen LogP contribution in [-0.4, -0.2) is 21.9 Å². The van der Waals surface area contributed by atoms with Crippen LogP contribution in [-0.2, 0) is 11.2 Å². The number of aryl methyl sites for hydroxylation is 1. The number of ether oxygens (including phenoxy) is 1. The van der Waals surface area contributed by atoms with Crippen molar-refractivity contribution in [1.82, 2.24) is 9.38 Å². The molecule has 0 fully saturated rings. The number of anilines is 1. The van der Waals surface area contributed by atoms with E-state index >= 15 is 0 Å². The first kappa shape index (κ1) is 23.3. The quantitative estimate of drug-likeness (QED) is 0.267. The van der Waals surface area contributed by atoms with Crippen LogP contribution < -0.4 is 10.1 Å². The molecule has 5 rings (SSSR count). The van der Waals surface area contributed by atoms with Crippen molar-refractivity contribution in [1.29, 1.82) is 0 Å². The molecule has 0 saturated carbocycles. The molecule has 5 aromatic rings. The van der Waals surface area contributed by atoms with Crippen LogP contribution in [0.2, 0.25) is 0 Å². The summed E-state index contributed by atoms with van der Waals surface area (Å²) in [5.41, 5.74) is 5.74. The molecule has 0 aliphatic rings. The summed E-state index contributed by atoms with van der Waals surface area (Å²) in [6.45, 7) is 2.56. The third-order valence-electron chi connectivity index (χ3n) is 5.98. The van der Waals surface area contributed by atoms with Crippen molar-refractivity contribution in [2.45, 2.75) is 19.8 Å². The Hall–Kier alpha value is -4.45. The van der Waals surface area contributed by atoms with Crippen molar-refractivity contribution in [2.75, 3.05) is 11.9 Å². The Morgan fingerprint density at radius 3 is 2.50 bits per heavy atom. The zero-order valence-corrected chi connectivity index (χ0v) is 19.9. The summed E-state index contributed by atoms with van der Waals surface area (Å²) in [7, 11) is 0. The minimum absolute atomic E-state index is 0.181. The average Bonchev–Trinajstić information content (AvgIpc) is 3.27. The molecular formula is C30H26FN3O2. The van der Waals surface area contributed by atoms with E-state index < -0.39 is 5.82 Å². The van der Waals surface area contributed by atoms with Crippen LogP contribution in [0.25, 0.3) is 28.0 Å². The van der Waals surface area contributed by atoms with E-state index in [9.17, 15) is 9.18 Å². The highest BCUT2D eigenvalue weighted by Crippen LogP contribution is 2.29. The third kappa shape index (κ3) is 4.98. The van der Waals surface area contributed by atoms with E-state index in [0.717, 1.165) is 39.5 Å². The lowest BCUT2D eigenvalue weighted by Gasteiger charge is -2.10. The number of amides is 1. The highest BCUT2D eigenvalue weighted by molar-refractivity contribution is 5.91. The van der Waals surface area contributed by atoms with E-state index in [0.29, 0.717) is 13.0 Å². The maximum absolute atomic E-state index is 14.0. The number of fused-ring (bicyclic) bond motifs is 1. The standard InChI is InChI=1S/C30H26FN3O2/c1-2-36-24-12-8-11-22(19-24)23-15-17-28-33-30(21-9-4-3-5-10-21)27(34(28)20-23)16-18-29(35)32-26-14-7-6-13-25(26)31/h3-15,17,19-20H,2,16,18H2,1H3,(H,32,35). The minimum atomic E-state index is -0.454. The lowest BCUT2D eigenvalue weighted by Crippen LogP contribution is -2.14. The number of rotatable bonds is 8. The van der Waals surface area contributed by atoms with Crippen molar-refractivity contribution in [2.24, 2.45) is 0 Å². The average molecular weight is 480 g/mol. The van der Waals surface area contributed by atoms with Gasteiger partial charge in [0.1, 0.15) is 17.2 Å². The molecule has 0 atom stereocenters. The smallest absolute Gasteiger partial charge is 0.224 e. The summed E-state index contributed by atoms with van der Waals surface area (Å²) >= 11 is 0. The summed E-state index contributed by atoms with van der Waals surface area (Å²) in [6, 6.07) is 28.1. The molecular weight excluding hydrogens is 453 g/mol. The van der Waals surface area contributed by atoms with E-state index in [1.807, 2.05) is 84.3 Å². The second-order valence-corrected chi connectivity index (χ2v) is 8.41. The van der Waals surface area contributed by atoms with Crippen LogP contribution in [0.15, 0.2) is 97.2 Å². The second-order valence-electron chi connectivity index (χ2n) is 8.41. The van der Waals surface area contributed by atoms with Crippen molar-refractivity contribution in [3.63, 3.8) is 0 Å². The normalized spacial score (nSPS) is 10.9. The molecule has 180 valence electrons. The fourth-order valence-electron chi connectivity index (χ4n) is 4.27. The van der Waals surface area contributed by atoms with Gasteiger partial charge < -0.3 is 14.5 Å². The summed E-state index contributed by atoms with van der Waals surface area (Å²) in [4.78, 5) is 17.6. The number of pyridine rings is 1. The number of hydrogen-bond donors (Lipinski definition) is 1. The first-order valence-corrected chi connectivity index (χ1v) is 12.0. The Kier molecular flexibility index (Phi) is 6.76. The Bertz CT molecular complexity index is 1510. The number of hydrogen-bond acceptors (Lipinski definition) is 3. The summed E-state index contributed by atoms with van der Waals surface area (Å²) in [6.07, 6.45) is 2.67. The van der Waals surface area contributed by atoms with E-state index in [4.69, 9.17) is 9.72 Å². The number of carbonyl (C=O) groups is 1. The van der Waals surface area contributed by atoms with Gasteiger partial charge in [0.05, 0.1) is 23.7 Å². The molecule has 0 unspecified atom stereocenters. The molecule has 1 amide bonds. The molecule has 36 heavy (non-hydrogen) atoms. The van der Waals surface area contributed by atoms with Crippen molar-refractivity contribution in [3.8, 4) is 28.1 Å². The van der Waals surface area contributed by atoms with Gasteiger partial charge in [-0.1, -0.05) is 54.6 Å². The van der Waals surface area contributed by atoms with Gasteiger partial charge in [-0.05, 0) is 60.9 Å². The fourth-order valence-corrected chi connectivity index (χ4v) is 4.27. The van der Waals surface area contributed by atoms with Gasteiger partial charge >= 0.3 is 0 Å². The van der Waals surface area contributed by atoms with Gasteiger partial charge in [-0.25, -0.2) is 9.37 Å². The fraction of sp³-hybridized carbons (Fsp3) is 0.133. The van der Waals surface area contributed by atoms with Gasteiger partial charge in [-0.2, -0.15) is 0 Å². The Morgan fingerprint density at radius 2 is 1.69 bits per heavy atom. The Balaban J connectivity index is 1.50. The Morgan fingerprint density at radius 1 is 0.917 bits per heavy atom. The molecule has 3 aromatic carbocycles. The van der Waals surface area contributed by atoms with Crippen LogP contribution in [0.5, 0.6) is 5.75 Å². The van der Waals surface area contributed by atoms with Gasteiger partial charge in [0.15, 0.2) is 0 Å². The van der Waals surface area contributed by atoms with Crippen molar-refractivity contribution in [3.05, 3.63) is 109 Å². The van der Waals surface area contributed by atoms with Crippen LogP contribution in [0.4, 0.5) is 10.1 Å². The summed E-state index contributed by atoms with van der Waals surface area (Å²) in [5, 5.41) is 2.68. The zero-order valence-electron chi connectivity index (χ0n) is 19.9. The lowest BCUT2D eigenvalue weighted by molar-refractivity contribution is -0.116. The van der Waals surface area contributed by atoms with E-state index in [2.05, 4.69) is 5.32 Å². The molecule has 0 aliphatic carbocycles. The molecule has 2 heterocycles. The van der Waals surface area contributed by atoms with Crippen molar-refractivity contribution < 1.29 is 13.9 Å². The van der Waals surface area contributed by atoms with Crippen molar-refractivity contribution >= 4 is 17.2 Å². The van der Waals surface area contributed by atoms with Gasteiger partial charge in [0, 0.05) is 18.2 Å². The Labute approximate surface area is 209 Å². The number of imidazole rings is 1. The largest absolute Gasteiger partial charge is 0.494 e.